The molecule has 1 aliphatic heterocycles. The van der Waals surface area contributed by atoms with Crippen LogP contribution in [0.2, 0.25) is 0 Å². The molecular formula is C15H20BrNO2. The molecule has 2 rings (SSSR count). The number of carbonyl (C=O) groups is 1. The first-order valence-corrected chi connectivity index (χ1v) is 7.93. The number of nitrogens with one attached hydrogen (secondary N) is 1. The number of hydrogen-bond donors (Lipinski definition) is 1. The number of hydrogen-bond acceptors (Lipinski definition) is 2. The molecule has 1 amide bonds. The Hall–Kier alpha value is -0.870. The van der Waals surface area contributed by atoms with Gasteiger partial charge in [-0.1, -0.05) is 46.3 Å². The number of benzene rings is 1. The number of alkyl halides is 1. The van der Waals surface area contributed by atoms with Crippen LogP contribution in [0.25, 0.3) is 0 Å². The average Bonchev–Trinajstić information content (AvgIpc) is 2.48. The summed E-state index contributed by atoms with van der Waals surface area (Å²) >= 11 is 3.47. The van der Waals surface area contributed by atoms with Crippen LogP contribution in [0.4, 0.5) is 0 Å². The highest BCUT2D eigenvalue weighted by Gasteiger charge is 2.23. The van der Waals surface area contributed by atoms with Crippen molar-refractivity contribution >= 4 is 21.8 Å². The molecule has 0 radical (unpaired) electrons. The molecule has 2 unspecified atom stereocenters. The Labute approximate surface area is 122 Å². The van der Waals surface area contributed by atoms with Gasteiger partial charge in [0, 0.05) is 18.0 Å². The van der Waals surface area contributed by atoms with Gasteiger partial charge in [0.25, 0.3) is 0 Å². The van der Waals surface area contributed by atoms with E-state index in [1.807, 2.05) is 18.2 Å². The molecule has 0 aliphatic carbocycles. The quantitative estimate of drug-likeness (QED) is 0.845. The van der Waals surface area contributed by atoms with E-state index in [1.165, 1.54) is 5.56 Å². The minimum Gasteiger partial charge on any atom is -0.368 e. The second-order valence-electron chi connectivity index (χ2n) is 4.90. The third-order valence-electron chi connectivity index (χ3n) is 3.33. The van der Waals surface area contributed by atoms with Crippen LogP contribution < -0.4 is 5.32 Å². The molecule has 1 aromatic carbocycles. The molecule has 0 saturated carbocycles. The molecule has 1 heterocycles. The van der Waals surface area contributed by atoms with Crippen LogP contribution in [-0.4, -0.2) is 30.0 Å². The van der Waals surface area contributed by atoms with E-state index in [-0.39, 0.29) is 18.1 Å². The normalized spacial score (nSPS) is 20.8. The lowest BCUT2D eigenvalue weighted by Crippen LogP contribution is -2.45. The number of amides is 1. The number of ether oxygens (including phenoxy) is 1. The molecule has 0 aromatic heterocycles. The maximum Gasteiger partial charge on any atom is 0.249 e. The van der Waals surface area contributed by atoms with Crippen molar-refractivity contribution < 1.29 is 9.53 Å². The molecular weight excluding hydrogens is 306 g/mol. The van der Waals surface area contributed by atoms with Gasteiger partial charge in [0.15, 0.2) is 0 Å². The fourth-order valence-corrected chi connectivity index (χ4v) is 2.68. The summed E-state index contributed by atoms with van der Waals surface area (Å²) in [7, 11) is 0. The topological polar surface area (TPSA) is 38.3 Å². The maximum atomic E-state index is 12.1. The van der Waals surface area contributed by atoms with Gasteiger partial charge < -0.3 is 10.1 Å². The summed E-state index contributed by atoms with van der Waals surface area (Å²) in [5, 5.41) is 3.82. The van der Waals surface area contributed by atoms with Crippen LogP contribution in [0.5, 0.6) is 0 Å². The first-order chi connectivity index (χ1) is 9.29. The lowest BCUT2D eigenvalue weighted by atomic mass is 10.1. The van der Waals surface area contributed by atoms with E-state index in [1.54, 1.807) is 0 Å². The van der Waals surface area contributed by atoms with Gasteiger partial charge in [-0.25, -0.2) is 0 Å². The molecule has 3 nitrogen and oxygen atoms in total. The molecule has 1 aliphatic rings. The summed E-state index contributed by atoms with van der Waals surface area (Å²) < 4.78 is 5.51. The van der Waals surface area contributed by atoms with Crippen LogP contribution in [0.15, 0.2) is 30.3 Å². The minimum atomic E-state index is -0.258. The van der Waals surface area contributed by atoms with Gasteiger partial charge in [-0.15, -0.1) is 0 Å². The molecule has 1 fully saturated rings. The second kappa shape index (κ2) is 7.65. The SMILES string of the molecule is O=C(NC(CBr)Cc1ccccc1)C1CCCCO1. The summed E-state index contributed by atoms with van der Waals surface area (Å²) in [4.78, 5) is 12.1. The van der Waals surface area contributed by atoms with Crippen molar-refractivity contribution in [1.29, 1.82) is 0 Å². The third kappa shape index (κ3) is 4.62. The highest BCUT2D eigenvalue weighted by molar-refractivity contribution is 9.09. The Morgan fingerprint density at radius 3 is 2.79 bits per heavy atom. The molecule has 0 bridgehead atoms. The van der Waals surface area contributed by atoms with Gasteiger partial charge >= 0.3 is 0 Å². The van der Waals surface area contributed by atoms with Gasteiger partial charge in [0.05, 0.1) is 0 Å². The Kier molecular flexibility index (Phi) is 5.86. The van der Waals surface area contributed by atoms with Crippen LogP contribution in [0.3, 0.4) is 0 Å². The van der Waals surface area contributed by atoms with E-state index in [0.717, 1.165) is 31.0 Å². The van der Waals surface area contributed by atoms with Gasteiger partial charge in [-0.2, -0.15) is 0 Å². The van der Waals surface area contributed by atoms with Gasteiger partial charge in [0.2, 0.25) is 5.91 Å². The highest BCUT2D eigenvalue weighted by atomic mass is 79.9. The van der Waals surface area contributed by atoms with Crippen molar-refractivity contribution in [3.8, 4) is 0 Å². The molecule has 1 aromatic rings. The summed E-state index contributed by atoms with van der Waals surface area (Å²) in [5.74, 6) is 0.0279. The molecule has 19 heavy (non-hydrogen) atoms. The average molecular weight is 326 g/mol. The van der Waals surface area contributed by atoms with Crippen molar-refractivity contribution in [2.75, 3.05) is 11.9 Å². The Balaban J connectivity index is 1.86. The summed E-state index contributed by atoms with van der Waals surface area (Å²) in [5.41, 5.74) is 1.23. The largest absolute Gasteiger partial charge is 0.368 e. The first-order valence-electron chi connectivity index (χ1n) is 6.81. The van der Waals surface area contributed by atoms with Crippen molar-refractivity contribution in [1.82, 2.24) is 5.32 Å². The lowest BCUT2D eigenvalue weighted by molar-refractivity contribution is -0.136. The number of rotatable bonds is 5. The van der Waals surface area contributed by atoms with E-state index in [9.17, 15) is 4.79 Å². The van der Waals surface area contributed by atoms with Gasteiger partial charge in [0.1, 0.15) is 6.10 Å². The molecule has 2 atom stereocenters. The summed E-state index contributed by atoms with van der Waals surface area (Å²) in [6.45, 7) is 0.704. The van der Waals surface area contributed by atoms with Crippen LogP contribution >= 0.6 is 15.9 Å². The van der Waals surface area contributed by atoms with E-state index >= 15 is 0 Å². The standard InChI is InChI=1S/C15H20BrNO2/c16-11-13(10-12-6-2-1-3-7-12)17-15(18)14-8-4-5-9-19-14/h1-3,6-7,13-14H,4-5,8-11H2,(H,17,18). The zero-order valence-electron chi connectivity index (χ0n) is 11.0. The van der Waals surface area contributed by atoms with Crippen molar-refractivity contribution in [3.05, 3.63) is 35.9 Å². The van der Waals surface area contributed by atoms with E-state index < -0.39 is 0 Å². The minimum absolute atomic E-state index is 0.0279. The fourth-order valence-electron chi connectivity index (χ4n) is 2.28. The van der Waals surface area contributed by atoms with Crippen molar-refractivity contribution in [2.45, 2.75) is 37.8 Å². The zero-order chi connectivity index (χ0) is 13.5. The molecule has 4 heteroatoms. The van der Waals surface area contributed by atoms with Crippen molar-refractivity contribution in [2.24, 2.45) is 0 Å². The smallest absolute Gasteiger partial charge is 0.249 e. The van der Waals surface area contributed by atoms with Gasteiger partial charge in [-0.05, 0) is 31.2 Å². The third-order valence-corrected chi connectivity index (χ3v) is 4.11. The lowest BCUT2D eigenvalue weighted by Gasteiger charge is -2.24. The highest BCUT2D eigenvalue weighted by Crippen LogP contribution is 2.13. The maximum absolute atomic E-state index is 12.1. The zero-order valence-corrected chi connectivity index (χ0v) is 12.6. The molecule has 104 valence electrons. The van der Waals surface area contributed by atoms with E-state index in [2.05, 4.69) is 33.4 Å². The fraction of sp³-hybridized carbons (Fsp3) is 0.533. The Morgan fingerprint density at radius 2 is 2.16 bits per heavy atom. The van der Waals surface area contributed by atoms with E-state index in [0.29, 0.717) is 6.61 Å². The van der Waals surface area contributed by atoms with Crippen molar-refractivity contribution in [3.63, 3.8) is 0 Å². The Bertz CT molecular complexity index is 390. The van der Waals surface area contributed by atoms with E-state index in [4.69, 9.17) is 4.74 Å². The molecule has 0 spiro atoms. The first kappa shape index (κ1) is 14.5. The Morgan fingerprint density at radius 1 is 1.37 bits per heavy atom. The monoisotopic (exact) mass is 325 g/mol. The van der Waals surface area contributed by atoms with Crippen LogP contribution in [0, 0.1) is 0 Å². The number of halogens is 1. The van der Waals surface area contributed by atoms with Crippen LogP contribution in [-0.2, 0) is 16.0 Å². The predicted molar refractivity (Wildman–Crippen MR) is 79.5 cm³/mol. The molecule has 1 N–H and O–H groups in total. The van der Waals surface area contributed by atoms with Crippen LogP contribution in [0.1, 0.15) is 24.8 Å². The molecule has 1 saturated heterocycles. The predicted octanol–water partition coefficient (Wildman–Crippen LogP) is 2.68. The van der Waals surface area contributed by atoms with Gasteiger partial charge in [-0.3, -0.25) is 4.79 Å². The summed E-state index contributed by atoms with van der Waals surface area (Å²) in [6.07, 6.45) is 3.56. The number of carbonyl (C=O) groups excluding carboxylic acids is 1. The second-order valence-corrected chi connectivity index (χ2v) is 5.55. The summed E-state index contributed by atoms with van der Waals surface area (Å²) in [6, 6.07) is 10.3.